The van der Waals surface area contributed by atoms with Crippen LogP contribution in [-0.4, -0.2) is 16.9 Å². The lowest BCUT2D eigenvalue weighted by Gasteiger charge is -2.36. The van der Waals surface area contributed by atoms with Gasteiger partial charge in [0, 0.05) is 18.5 Å². The van der Waals surface area contributed by atoms with E-state index in [9.17, 15) is 9.59 Å². The first kappa shape index (κ1) is 12.5. The molecule has 0 radical (unpaired) electrons. The summed E-state index contributed by atoms with van der Waals surface area (Å²) in [6.45, 7) is 0. The number of ketones is 1. The second-order valence-corrected chi connectivity index (χ2v) is 3.90. The molecule has 0 amide bonds. The molecule has 16 heavy (non-hydrogen) atoms. The van der Waals surface area contributed by atoms with Gasteiger partial charge in [0.2, 0.25) is 0 Å². The molecule has 1 aromatic carbocycles. The van der Waals surface area contributed by atoms with E-state index in [4.69, 9.17) is 10.8 Å². The third kappa shape index (κ3) is 1.76. The van der Waals surface area contributed by atoms with Crippen molar-refractivity contribution < 1.29 is 14.7 Å². The molecule has 3 N–H and O–H groups in total. The summed E-state index contributed by atoms with van der Waals surface area (Å²) in [5.74, 6) is -0.943. The van der Waals surface area contributed by atoms with E-state index in [1.54, 1.807) is 24.3 Å². The van der Waals surface area contributed by atoms with Crippen LogP contribution in [0.25, 0.3) is 0 Å². The summed E-state index contributed by atoms with van der Waals surface area (Å²) < 4.78 is 0. The number of Topliss-reactive ketones (excluding diaryl/α,β-unsaturated/α-hetero) is 1. The van der Waals surface area contributed by atoms with Crippen LogP contribution in [-0.2, 0) is 15.0 Å². The maximum absolute atomic E-state index is 11.2. The van der Waals surface area contributed by atoms with E-state index in [1.807, 2.05) is 0 Å². The molecule has 0 atom stereocenters. The third-order valence-corrected chi connectivity index (χ3v) is 2.87. The van der Waals surface area contributed by atoms with Crippen LogP contribution < -0.4 is 5.73 Å². The average Bonchev–Trinajstić information content (AvgIpc) is 2.13. The lowest BCUT2D eigenvalue weighted by Crippen LogP contribution is -2.48. The molecule has 1 aliphatic rings. The van der Waals surface area contributed by atoms with E-state index in [-0.39, 0.29) is 31.0 Å². The van der Waals surface area contributed by atoms with E-state index >= 15 is 0 Å². The smallest absolute Gasteiger partial charge is 0.315 e. The molecule has 4 nitrogen and oxygen atoms in total. The third-order valence-electron chi connectivity index (χ3n) is 2.87. The van der Waals surface area contributed by atoms with Crippen molar-refractivity contribution in [2.75, 3.05) is 5.73 Å². The second-order valence-electron chi connectivity index (χ2n) is 3.90. The van der Waals surface area contributed by atoms with Crippen molar-refractivity contribution >= 4 is 29.8 Å². The number of nitrogens with two attached hydrogens (primary N) is 1. The molecule has 1 aromatic rings. The first-order chi connectivity index (χ1) is 7.04. The van der Waals surface area contributed by atoms with E-state index in [0.717, 1.165) is 0 Å². The van der Waals surface area contributed by atoms with Gasteiger partial charge in [0.05, 0.1) is 0 Å². The molecule has 1 saturated carbocycles. The van der Waals surface area contributed by atoms with Crippen LogP contribution in [0.5, 0.6) is 0 Å². The number of carboxylic acids is 1. The Kier molecular flexibility index (Phi) is 3.24. The van der Waals surface area contributed by atoms with E-state index < -0.39 is 11.4 Å². The number of aliphatic carboxylic acids is 1. The number of carboxylic acid groups (broad SMARTS) is 1. The minimum Gasteiger partial charge on any atom is -0.481 e. The number of rotatable bonds is 2. The summed E-state index contributed by atoms with van der Waals surface area (Å²) in [5, 5.41) is 9.14. The van der Waals surface area contributed by atoms with Crippen LogP contribution in [0.4, 0.5) is 5.69 Å². The van der Waals surface area contributed by atoms with E-state index in [1.165, 1.54) is 0 Å². The van der Waals surface area contributed by atoms with Gasteiger partial charge in [-0.15, -0.1) is 12.4 Å². The van der Waals surface area contributed by atoms with Crippen molar-refractivity contribution in [1.29, 1.82) is 0 Å². The fraction of sp³-hybridized carbons (Fsp3) is 0.273. The van der Waals surface area contributed by atoms with Crippen molar-refractivity contribution in [3.05, 3.63) is 29.8 Å². The highest BCUT2D eigenvalue weighted by Gasteiger charge is 2.51. The van der Waals surface area contributed by atoms with Crippen molar-refractivity contribution in [2.24, 2.45) is 0 Å². The average molecular weight is 242 g/mol. The Morgan fingerprint density at radius 3 is 2.12 bits per heavy atom. The molecule has 0 bridgehead atoms. The Labute approximate surface area is 98.9 Å². The quantitative estimate of drug-likeness (QED) is 0.767. The summed E-state index contributed by atoms with van der Waals surface area (Å²) in [6.07, 6.45) is 0.179. The number of halogens is 1. The Bertz CT molecular complexity index is 419. The predicted molar refractivity (Wildman–Crippen MR) is 61.7 cm³/mol. The van der Waals surface area contributed by atoms with Gasteiger partial charge in [-0.1, -0.05) is 12.1 Å². The monoisotopic (exact) mass is 241 g/mol. The molecule has 86 valence electrons. The Hall–Kier alpha value is -1.55. The maximum Gasteiger partial charge on any atom is 0.315 e. The molecule has 1 fully saturated rings. The molecule has 0 saturated heterocycles. The molecule has 0 aromatic heterocycles. The lowest BCUT2D eigenvalue weighted by molar-refractivity contribution is -0.153. The number of anilines is 1. The van der Waals surface area contributed by atoms with Gasteiger partial charge in [0.25, 0.3) is 0 Å². The topological polar surface area (TPSA) is 80.4 Å². The summed E-state index contributed by atoms with van der Waals surface area (Å²) in [4.78, 5) is 22.1. The Balaban J connectivity index is 0.00000128. The number of hydrogen-bond acceptors (Lipinski definition) is 3. The molecule has 0 unspecified atom stereocenters. The fourth-order valence-corrected chi connectivity index (χ4v) is 1.90. The van der Waals surface area contributed by atoms with Crippen LogP contribution in [0, 0.1) is 0 Å². The molecule has 0 aliphatic heterocycles. The molecule has 2 rings (SSSR count). The number of nitrogen functional groups attached to an aromatic ring is 1. The zero-order chi connectivity index (χ0) is 11.1. The van der Waals surface area contributed by atoms with Gasteiger partial charge in [-0.2, -0.15) is 0 Å². The van der Waals surface area contributed by atoms with Gasteiger partial charge in [-0.3, -0.25) is 9.59 Å². The van der Waals surface area contributed by atoms with E-state index in [0.29, 0.717) is 11.3 Å². The highest BCUT2D eigenvalue weighted by Crippen LogP contribution is 2.41. The second kappa shape index (κ2) is 4.14. The summed E-state index contributed by atoms with van der Waals surface area (Å²) in [6, 6.07) is 6.66. The lowest BCUT2D eigenvalue weighted by atomic mass is 9.63. The van der Waals surface area contributed by atoms with Crippen molar-refractivity contribution in [3.63, 3.8) is 0 Å². The molecule has 0 spiro atoms. The summed E-state index contributed by atoms with van der Waals surface area (Å²) in [7, 11) is 0. The molecular formula is C11H12ClNO3. The molecule has 1 aliphatic carbocycles. The first-order valence-corrected chi connectivity index (χ1v) is 4.66. The van der Waals surface area contributed by atoms with Gasteiger partial charge in [0.1, 0.15) is 11.2 Å². The predicted octanol–water partition coefficient (Wildman–Crippen LogP) is 1.38. The van der Waals surface area contributed by atoms with Gasteiger partial charge in [-0.25, -0.2) is 0 Å². The molecular weight excluding hydrogens is 230 g/mol. The SMILES string of the molecule is Cl.Nc1ccc(C2(C(=O)O)CC(=O)C2)cc1. The Morgan fingerprint density at radius 2 is 1.75 bits per heavy atom. The summed E-state index contributed by atoms with van der Waals surface area (Å²) >= 11 is 0. The van der Waals surface area contributed by atoms with Crippen LogP contribution in [0.1, 0.15) is 18.4 Å². The standard InChI is InChI=1S/C11H11NO3.ClH/c12-8-3-1-7(2-4-8)11(10(14)15)5-9(13)6-11;/h1-4H,5-6,12H2,(H,14,15);1H. The number of hydrogen-bond donors (Lipinski definition) is 2. The van der Waals surface area contributed by atoms with E-state index in [2.05, 4.69) is 0 Å². The van der Waals surface area contributed by atoms with Crippen LogP contribution in [0.15, 0.2) is 24.3 Å². The van der Waals surface area contributed by atoms with Crippen LogP contribution in [0.3, 0.4) is 0 Å². The van der Waals surface area contributed by atoms with Gasteiger partial charge >= 0.3 is 5.97 Å². The highest BCUT2D eigenvalue weighted by atomic mass is 35.5. The van der Waals surface area contributed by atoms with Crippen LogP contribution in [0.2, 0.25) is 0 Å². The van der Waals surface area contributed by atoms with Crippen molar-refractivity contribution in [1.82, 2.24) is 0 Å². The van der Waals surface area contributed by atoms with Gasteiger partial charge in [0.15, 0.2) is 0 Å². The normalized spacial score (nSPS) is 17.1. The highest BCUT2D eigenvalue weighted by molar-refractivity contribution is 6.01. The summed E-state index contributed by atoms with van der Waals surface area (Å²) in [5.41, 5.74) is 5.75. The zero-order valence-electron chi connectivity index (χ0n) is 8.47. The van der Waals surface area contributed by atoms with Gasteiger partial charge < -0.3 is 10.8 Å². The first-order valence-electron chi connectivity index (χ1n) is 4.66. The zero-order valence-corrected chi connectivity index (χ0v) is 9.29. The van der Waals surface area contributed by atoms with Crippen LogP contribution >= 0.6 is 12.4 Å². The largest absolute Gasteiger partial charge is 0.481 e. The maximum atomic E-state index is 11.2. The van der Waals surface area contributed by atoms with Crippen molar-refractivity contribution in [2.45, 2.75) is 18.3 Å². The van der Waals surface area contributed by atoms with Gasteiger partial charge in [-0.05, 0) is 17.7 Å². The van der Waals surface area contributed by atoms with Crippen molar-refractivity contribution in [3.8, 4) is 0 Å². The fourth-order valence-electron chi connectivity index (χ4n) is 1.90. The molecule has 0 heterocycles. The minimum atomic E-state index is -1.01. The Morgan fingerprint density at radius 1 is 1.25 bits per heavy atom. The number of carbonyl (C=O) groups excluding carboxylic acids is 1. The number of carbonyl (C=O) groups is 2. The number of benzene rings is 1. The molecule has 5 heteroatoms. The minimum absolute atomic E-state index is 0.